The van der Waals surface area contributed by atoms with Gasteiger partial charge in [0.2, 0.25) is 0 Å². The highest BCUT2D eigenvalue weighted by atomic mass is 35.5. The first-order valence-corrected chi connectivity index (χ1v) is 9.00. The number of H-pyrrole nitrogens is 1. The Bertz CT molecular complexity index is 902. The van der Waals surface area contributed by atoms with Crippen LogP contribution in [-0.4, -0.2) is 41.1 Å². The second kappa shape index (κ2) is 5.33. The van der Waals surface area contributed by atoms with Gasteiger partial charge in [-0.1, -0.05) is 11.6 Å². The minimum atomic E-state index is 0.507. The summed E-state index contributed by atoms with van der Waals surface area (Å²) in [7, 11) is 0. The summed E-state index contributed by atoms with van der Waals surface area (Å²) in [6.07, 6.45) is 5.39. The molecule has 4 heterocycles. The summed E-state index contributed by atoms with van der Waals surface area (Å²) in [6.45, 7) is 4.64. The molecule has 1 spiro atoms. The molecule has 0 atom stereocenters. The van der Waals surface area contributed by atoms with Crippen molar-refractivity contribution in [3.8, 4) is 0 Å². The van der Waals surface area contributed by atoms with Crippen LogP contribution in [0.2, 0.25) is 5.15 Å². The van der Waals surface area contributed by atoms with Crippen LogP contribution in [0.5, 0.6) is 0 Å². The number of nitrogens with one attached hydrogen (secondary N) is 2. The molecule has 2 aliphatic heterocycles. The average molecular weight is 342 g/mol. The minimum absolute atomic E-state index is 0.507. The summed E-state index contributed by atoms with van der Waals surface area (Å²) in [5, 5.41) is 6.04. The van der Waals surface area contributed by atoms with Crippen LogP contribution >= 0.6 is 11.6 Å². The van der Waals surface area contributed by atoms with Gasteiger partial charge in [-0.15, -0.1) is 0 Å². The first-order valence-electron chi connectivity index (χ1n) is 8.62. The van der Waals surface area contributed by atoms with Crippen LogP contribution in [0.25, 0.3) is 21.9 Å². The fourth-order valence-electron chi connectivity index (χ4n) is 4.34. The van der Waals surface area contributed by atoms with Crippen molar-refractivity contribution in [3.05, 3.63) is 29.7 Å². The third-order valence-electron chi connectivity index (χ3n) is 5.85. The summed E-state index contributed by atoms with van der Waals surface area (Å²) in [5.41, 5.74) is 3.70. The van der Waals surface area contributed by atoms with Crippen molar-refractivity contribution in [2.45, 2.75) is 19.3 Å². The lowest BCUT2D eigenvalue weighted by Crippen LogP contribution is -2.41. The molecule has 5 nitrogen and oxygen atoms in total. The molecular formula is C18H20ClN5. The van der Waals surface area contributed by atoms with Crippen LogP contribution < -0.4 is 10.2 Å². The summed E-state index contributed by atoms with van der Waals surface area (Å²) < 4.78 is 0. The van der Waals surface area contributed by atoms with Gasteiger partial charge in [-0.2, -0.15) is 0 Å². The van der Waals surface area contributed by atoms with E-state index in [0.717, 1.165) is 35.0 Å². The number of anilines is 1. The Morgan fingerprint density at radius 2 is 2.00 bits per heavy atom. The van der Waals surface area contributed by atoms with Crippen molar-refractivity contribution < 1.29 is 0 Å². The Labute approximate surface area is 145 Å². The van der Waals surface area contributed by atoms with E-state index in [4.69, 9.17) is 11.6 Å². The molecule has 0 radical (unpaired) electrons. The standard InChI is InChI=1S/C18H20ClN5/c19-16-15-13-2-1-12(9-14(13)23-17(15)22-11-21-16)24-7-4-18(5-8-24)3-6-20-10-18/h1-2,9,11,20H,3-8,10H2,(H,21,22,23). The van der Waals surface area contributed by atoms with Crippen LogP contribution in [0.4, 0.5) is 5.69 Å². The molecule has 24 heavy (non-hydrogen) atoms. The van der Waals surface area contributed by atoms with Crippen LogP contribution in [0.3, 0.4) is 0 Å². The highest BCUT2D eigenvalue weighted by Gasteiger charge is 2.37. The van der Waals surface area contributed by atoms with E-state index >= 15 is 0 Å². The van der Waals surface area contributed by atoms with E-state index in [1.807, 2.05) is 0 Å². The summed E-state index contributed by atoms with van der Waals surface area (Å²) in [4.78, 5) is 14.3. The number of aromatic nitrogens is 3. The molecule has 0 bridgehead atoms. The van der Waals surface area contributed by atoms with Gasteiger partial charge in [0.25, 0.3) is 0 Å². The predicted molar refractivity (Wildman–Crippen MR) is 97.8 cm³/mol. The molecule has 0 aliphatic carbocycles. The molecule has 5 rings (SSSR count). The fourth-order valence-corrected chi connectivity index (χ4v) is 4.57. The Morgan fingerprint density at radius 1 is 1.12 bits per heavy atom. The zero-order chi connectivity index (χ0) is 16.1. The van der Waals surface area contributed by atoms with Crippen molar-refractivity contribution in [2.24, 2.45) is 5.41 Å². The summed E-state index contributed by atoms with van der Waals surface area (Å²) in [6, 6.07) is 6.56. The van der Waals surface area contributed by atoms with Gasteiger partial charge in [0.1, 0.15) is 17.1 Å². The fraction of sp³-hybridized carbons (Fsp3) is 0.444. The van der Waals surface area contributed by atoms with E-state index in [-0.39, 0.29) is 0 Å². The molecule has 2 fully saturated rings. The third-order valence-corrected chi connectivity index (χ3v) is 6.13. The number of benzene rings is 1. The zero-order valence-electron chi connectivity index (χ0n) is 13.5. The number of hydrogen-bond acceptors (Lipinski definition) is 4. The van der Waals surface area contributed by atoms with Gasteiger partial charge in [-0.05, 0) is 49.4 Å². The molecule has 2 aromatic heterocycles. The maximum atomic E-state index is 6.25. The Morgan fingerprint density at radius 3 is 2.79 bits per heavy atom. The van der Waals surface area contributed by atoms with Gasteiger partial charge in [0.15, 0.2) is 0 Å². The molecule has 0 unspecified atom stereocenters. The van der Waals surface area contributed by atoms with Gasteiger partial charge >= 0.3 is 0 Å². The Kier molecular flexibility index (Phi) is 3.22. The van der Waals surface area contributed by atoms with E-state index in [1.54, 1.807) is 0 Å². The lowest BCUT2D eigenvalue weighted by Gasteiger charge is -2.40. The summed E-state index contributed by atoms with van der Waals surface area (Å²) >= 11 is 6.25. The van der Waals surface area contributed by atoms with Gasteiger partial charge < -0.3 is 15.2 Å². The van der Waals surface area contributed by atoms with Crippen LogP contribution in [0.15, 0.2) is 24.5 Å². The van der Waals surface area contributed by atoms with Crippen LogP contribution in [0.1, 0.15) is 19.3 Å². The minimum Gasteiger partial charge on any atom is -0.371 e. The molecule has 6 heteroatoms. The largest absolute Gasteiger partial charge is 0.371 e. The number of aromatic amines is 1. The normalized spacial score (nSPS) is 20.5. The van der Waals surface area contributed by atoms with Crippen LogP contribution in [-0.2, 0) is 0 Å². The lowest BCUT2D eigenvalue weighted by atomic mass is 9.78. The van der Waals surface area contributed by atoms with E-state index in [9.17, 15) is 0 Å². The number of hydrogen-bond donors (Lipinski definition) is 2. The third kappa shape index (κ3) is 2.19. The van der Waals surface area contributed by atoms with E-state index in [1.165, 1.54) is 44.4 Å². The molecule has 0 amide bonds. The van der Waals surface area contributed by atoms with Crippen molar-refractivity contribution >= 4 is 39.2 Å². The van der Waals surface area contributed by atoms with Crippen molar-refractivity contribution in [1.82, 2.24) is 20.3 Å². The molecule has 3 aromatic rings. The predicted octanol–water partition coefficient (Wildman–Crippen LogP) is 3.34. The van der Waals surface area contributed by atoms with Crippen molar-refractivity contribution in [2.75, 3.05) is 31.1 Å². The van der Waals surface area contributed by atoms with Gasteiger partial charge in [0, 0.05) is 36.2 Å². The highest BCUT2D eigenvalue weighted by Crippen LogP contribution is 2.39. The number of nitrogens with zero attached hydrogens (tertiary/aromatic N) is 3. The number of fused-ring (bicyclic) bond motifs is 3. The average Bonchev–Trinajstić information content (AvgIpc) is 3.20. The maximum absolute atomic E-state index is 6.25. The lowest BCUT2D eigenvalue weighted by molar-refractivity contribution is 0.247. The highest BCUT2D eigenvalue weighted by molar-refractivity contribution is 6.36. The number of halogens is 1. The van der Waals surface area contributed by atoms with E-state index in [0.29, 0.717) is 10.6 Å². The molecular weight excluding hydrogens is 322 g/mol. The smallest absolute Gasteiger partial charge is 0.143 e. The SMILES string of the molecule is Clc1ncnc2[nH]c3cc(N4CCC5(CCNC5)CC4)ccc3c12. The number of piperidine rings is 1. The molecule has 0 saturated carbocycles. The first kappa shape index (κ1) is 14.5. The second-order valence-corrected chi connectivity index (χ2v) is 7.51. The quantitative estimate of drug-likeness (QED) is 0.666. The zero-order valence-corrected chi connectivity index (χ0v) is 14.2. The second-order valence-electron chi connectivity index (χ2n) is 7.16. The molecule has 2 aliphatic rings. The van der Waals surface area contributed by atoms with Crippen molar-refractivity contribution in [1.29, 1.82) is 0 Å². The van der Waals surface area contributed by atoms with Crippen LogP contribution in [0, 0.1) is 5.41 Å². The number of rotatable bonds is 1. The molecule has 124 valence electrons. The van der Waals surface area contributed by atoms with Gasteiger partial charge in [0.05, 0.1) is 5.39 Å². The Balaban J connectivity index is 1.48. The topological polar surface area (TPSA) is 56.8 Å². The first-order chi connectivity index (χ1) is 11.7. The molecule has 2 N–H and O–H groups in total. The Hall–Kier alpha value is -1.85. The molecule has 2 saturated heterocycles. The van der Waals surface area contributed by atoms with Gasteiger partial charge in [-0.25, -0.2) is 9.97 Å². The van der Waals surface area contributed by atoms with E-state index in [2.05, 4.69) is 43.4 Å². The monoisotopic (exact) mass is 341 g/mol. The molecule has 1 aromatic carbocycles. The maximum Gasteiger partial charge on any atom is 0.143 e. The van der Waals surface area contributed by atoms with Crippen molar-refractivity contribution in [3.63, 3.8) is 0 Å². The van der Waals surface area contributed by atoms with Gasteiger partial charge in [-0.3, -0.25) is 0 Å². The summed E-state index contributed by atoms with van der Waals surface area (Å²) in [5.74, 6) is 0. The van der Waals surface area contributed by atoms with E-state index < -0.39 is 0 Å².